The van der Waals surface area contributed by atoms with Crippen molar-refractivity contribution in [3.05, 3.63) is 59.1 Å². The number of halogens is 1. The third-order valence-corrected chi connectivity index (χ3v) is 4.65. The second-order valence-electron chi connectivity index (χ2n) is 4.99. The van der Waals surface area contributed by atoms with Crippen LogP contribution in [-0.4, -0.2) is 18.8 Å². The second-order valence-corrected chi connectivity index (χ2v) is 6.60. The van der Waals surface area contributed by atoms with Crippen LogP contribution in [0, 0.1) is 0 Å². The fourth-order valence-corrected chi connectivity index (χ4v) is 3.06. The van der Waals surface area contributed by atoms with Crippen molar-refractivity contribution in [1.82, 2.24) is 5.32 Å². The van der Waals surface area contributed by atoms with Crippen LogP contribution < -0.4 is 10.1 Å². The Morgan fingerprint density at radius 2 is 1.91 bits per heavy atom. The molecule has 0 radical (unpaired) electrons. The number of thioether (sulfide) groups is 1. The minimum atomic E-state index is 0.0626. The Labute approximate surface area is 146 Å². The van der Waals surface area contributed by atoms with E-state index in [1.807, 2.05) is 48.5 Å². The van der Waals surface area contributed by atoms with Gasteiger partial charge >= 0.3 is 0 Å². The molecule has 1 N–H and O–H groups in total. The summed E-state index contributed by atoms with van der Waals surface area (Å²) in [6, 6.07) is 15.4. The molecule has 0 spiro atoms. The summed E-state index contributed by atoms with van der Waals surface area (Å²) in [5.41, 5.74) is 0.985. The molecule has 0 fully saturated rings. The van der Waals surface area contributed by atoms with E-state index in [1.165, 1.54) is 4.90 Å². The highest BCUT2D eigenvalue weighted by Gasteiger charge is 2.05. The number of nitrogens with one attached hydrogen (secondary N) is 1. The lowest BCUT2D eigenvalue weighted by Gasteiger charge is -2.09. The van der Waals surface area contributed by atoms with Crippen molar-refractivity contribution in [1.29, 1.82) is 0 Å². The number of amides is 1. The van der Waals surface area contributed by atoms with Crippen molar-refractivity contribution in [2.24, 2.45) is 0 Å². The first-order valence-corrected chi connectivity index (χ1v) is 8.82. The molecule has 0 aliphatic rings. The SMILES string of the molecule is COc1ccccc1CNC(=O)CCCSc1ccc(Cl)cc1. The molecule has 0 aliphatic heterocycles. The Balaban J connectivity index is 1.66. The van der Waals surface area contributed by atoms with Gasteiger partial charge in [-0.2, -0.15) is 0 Å². The zero-order chi connectivity index (χ0) is 16.5. The third-order valence-electron chi connectivity index (χ3n) is 3.30. The lowest BCUT2D eigenvalue weighted by Crippen LogP contribution is -2.22. The van der Waals surface area contributed by atoms with Crippen LogP contribution in [0.2, 0.25) is 5.02 Å². The molecule has 0 heterocycles. The van der Waals surface area contributed by atoms with E-state index in [2.05, 4.69) is 5.32 Å². The fourth-order valence-electron chi connectivity index (χ4n) is 2.08. The lowest BCUT2D eigenvalue weighted by molar-refractivity contribution is -0.121. The van der Waals surface area contributed by atoms with Crippen LogP contribution in [0.5, 0.6) is 5.75 Å². The molecule has 23 heavy (non-hydrogen) atoms. The van der Waals surface area contributed by atoms with Crippen LogP contribution in [-0.2, 0) is 11.3 Å². The predicted molar refractivity (Wildman–Crippen MR) is 96.3 cm³/mol. The first kappa shape index (κ1) is 17.7. The van der Waals surface area contributed by atoms with Gasteiger partial charge < -0.3 is 10.1 Å². The largest absolute Gasteiger partial charge is 0.496 e. The quantitative estimate of drug-likeness (QED) is 0.561. The highest BCUT2D eigenvalue weighted by atomic mass is 35.5. The molecule has 0 atom stereocenters. The summed E-state index contributed by atoms with van der Waals surface area (Å²) in [6.07, 6.45) is 1.36. The second kappa shape index (κ2) is 9.48. The van der Waals surface area contributed by atoms with Gasteiger partial charge in [0.05, 0.1) is 7.11 Å². The van der Waals surface area contributed by atoms with Gasteiger partial charge in [0.15, 0.2) is 0 Å². The van der Waals surface area contributed by atoms with E-state index in [-0.39, 0.29) is 5.91 Å². The topological polar surface area (TPSA) is 38.3 Å². The molecule has 2 aromatic carbocycles. The summed E-state index contributed by atoms with van der Waals surface area (Å²) >= 11 is 7.58. The number of hydrogen-bond donors (Lipinski definition) is 1. The molecule has 5 heteroatoms. The first-order chi connectivity index (χ1) is 11.2. The van der Waals surface area contributed by atoms with Crippen LogP contribution in [0.25, 0.3) is 0 Å². The molecule has 2 aromatic rings. The van der Waals surface area contributed by atoms with Crippen LogP contribution in [0.3, 0.4) is 0 Å². The van der Waals surface area contributed by atoms with Crippen molar-refractivity contribution < 1.29 is 9.53 Å². The summed E-state index contributed by atoms with van der Waals surface area (Å²) in [5, 5.41) is 3.67. The Bertz CT molecular complexity index is 631. The molecule has 0 saturated carbocycles. The van der Waals surface area contributed by atoms with E-state index in [0.717, 1.165) is 28.5 Å². The zero-order valence-corrected chi connectivity index (χ0v) is 14.6. The molecule has 0 bridgehead atoms. The molecule has 0 aromatic heterocycles. The summed E-state index contributed by atoms with van der Waals surface area (Å²) < 4.78 is 5.27. The molecule has 0 unspecified atom stereocenters. The van der Waals surface area contributed by atoms with Crippen molar-refractivity contribution in [3.8, 4) is 5.75 Å². The van der Waals surface area contributed by atoms with Crippen molar-refractivity contribution >= 4 is 29.3 Å². The van der Waals surface area contributed by atoms with Crippen LogP contribution >= 0.6 is 23.4 Å². The number of hydrogen-bond acceptors (Lipinski definition) is 3. The number of benzene rings is 2. The van der Waals surface area contributed by atoms with Gasteiger partial charge in [0.25, 0.3) is 0 Å². The Kier molecular flexibility index (Phi) is 7.30. The number of carbonyl (C=O) groups is 1. The normalized spacial score (nSPS) is 10.3. The van der Waals surface area contributed by atoms with Gasteiger partial charge in [-0.3, -0.25) is 4.79 Å². The Morgan fingerprint density at radius 3 is 2.65 bits per heavy atom. The standard InChI is InChI=1S/C18H20ClNO2S/c1-22-17-6-3-2-5-14(17)13-20-18(21)7-4-12-23-16-10-8-15(19)9-11-16/h2-3,5-6,8-11H,4,7,12-13H2,1H3,(H,20,21). The van der Waals surface area contributed by atoms with Gasteiger partial charge in [0.1, 0.15) is 5.75 Å². The average Bonchev–Trinajstić information content (AvgIpc) is 2.58. The smallest absolute Gasteiger partial charge is 0.220 e. The van der Waals surface area contributed by atoms with Gasteiger partial charge in [-0.15, -0.1) is 11.8 Å². The van der Waals surface area contributed by atoms with Gasteiger partial charge in [0.2, 0.25) is 5.91 Å². The summed E-state index contributed by atoms with van der Waals surface area (Å²) in [5.74, 6) is 1.77. The lowest BCUT2D eigenvalue weighted by atomic mass is 10.2. The van der Waals surface area contributed by atoms with Crippen LogP contribution in [0.15, 0.2) is 53.4 Å². The summed E-state index contributed by atoms with van der Waals surface area (Å²) in [6.45, 7) is 0.493. The maximum Gasteiger partial charge on any atom is 0.220 e. The van der Waals surface area contributed by atoms with E-state index in [4.69, 9.17) is 16.3 Å². The van der Waals surface area contributed by atoms with Crippen molar-refractivity contribution in [2.75, 3.05) is 12.9 Å². The maximum atomic E-state index is 11.9. The number of carbonyl (C=O) groups excluding carboxylic acids is 1. The van der Waals surface area contributed by atoms with Crippen molar-refractivity contribution in [2.45, 2.75) is 24.3 Å². The van der Waals surface area contributed by atoms with Gasteiger partial charge in [-0.25, -0.2) is 0 Å². The maximum absolute atomic E-state index is 11.9. The molecule has 3 nitrogen and oxygen atoms in total. The van der Waals surface area contributed by atoms with E-state index < -0.39 is 0 Å². The van der Waals surface area contributed by atoms with E-state index >= 15 is 0 Å². The molecule has 1 amide bonds. The van der Waals surface area contributed by atoms with E-state index in [0.29, 0.717) is 13.0 Å². The van der Waals surface area contributed by atoms with Crippen molar-refractivity contribution in [3.63, 3.8) is 0 Å². The number of para-hydroxylation sites is 1. The highest BCUT2D eigenvalue weighted by molar-refractivity contribution is 7.99. The van der Waals surface area contributed by atoms with Crippen LogP contribution in [0.1, 0.15) is 18.4 Å². The Morgan fingerprint density at radius 1 is 1.17 bits per heavy atom. The zero-order valence-electron chi connectivity index (χ0n) is 13.0. The average molecular weight is 350 g/mol. The molecular formula is C18H20ClNO2S. The fraction of sp³-hybridized carbons (Fsp3) is 0.278. The number of rotatable bonds is 8. The molecule has 122 valence electrons. The van der Waals surface area contributed by atoms with Gasteiger partial charge in [0, 0.05) is 28.4 Å². The minimum Gasteiger partial charge on any atom is -0.496 e. The van der Waals surface area contributed by atoms with Crippen LogP contribution in [0.4, 0.5) is 0 Å². The first-order valence-electron chi connectivity index (χ1n) is 7.46. The van der Waals surface area contributed by atoms with Gasteiger partial charge in [-0.1, -0.05) is 29.8 Å². The summed E-state index contributed by atoms with van der Waals surface area (Å²) in [4.78, 5) is 13.1. The predicted octanol–water partition coefficient (Wildman–Crippen LogP) is 4.54. The monoisotopic (exact) mass is 349 g/mol. The van der Waals surface area contributed by atoms with Gasteiger partial charge in [-0.05, 0) is 42.5 Å². The number of methoxy groups -OCH3 is 1. The molecule has 0 aliphatic carbocycles. The van der Waals surface area contributed by atoms with E-state index in [9.17, 15) is 4.79 Å². The van der Waals surface area contributed by atoms with E-state index in [1.54, 1.807) is 18.9 Å². The molecular weight excluding hydrogens is 330 g/mol. The highest BCUT2D eigenvalue weighted by Crippen LogP contribution is 2.21. The molecule has 0 saturated heterocycles. The summed E-state index contributed by atoms with van der Waals surface area (Å²) in [7, 11) is 1.63. The molecule has 2 rings (SSSR count). The Hall–Kier alpha value is -1.65. The minimum absolute atomic E-state index is 0.0626. The third kappa shape index (κ3) is 6.16. The number of ether oxygens (including phenoxy) is 1.